The van der Waals surface area contributed by atoms with Gasteiger partial charge in [-0.1, -0.05) is 18.7 Å². The monoisotopic (exact) mass is 447 g/mol. The van der Waals surface area contributed by atoms with E-state index in [2.05, 4.69) is 25.6 Å². The van der Waals surface area contributed by atoms with Crippen LogP contribution in [0, 0.1) is 6.92 Å². The van der Waals surface area contributed by atoms with Crippen molar-refractivity contribution in [1.82, 2.24) is 15.3 Å². The van der Waals surface area contributed by atoms with Crippen LogP contribution in [0.25, 0.3) is 0 Å². The van der Waals surface area contributed by atoms with Crippen LogP contribution in [0.1, 0.15) is 41.1 Å². The number of anilines is 1. The van der Waals surface area contributed by atoms with Crippen molar-refractivity contribution in [2.75, 3.05) is 11.9 Å². The Hall–Kier alpha value is -2.79. The van der Waals surface area contributed by atoms with E-state index in [1.54, 1.807) is 25.4 Å². The van der Waals surface area contributed by atoms with E-state index in [1.807, 2.05) is 13.8 Å². The predicted molar refractivity (Wildman–Crippen MR) is 116 cm³/mol. The lowest BCUT2D eigenvalue weighted by Crippen LogP contribution is -2.28. The zero-order valence-corrected chi connectivity index (χ0v) is 18.4. The molecule has 2 aromatic rings. The van der Waals surface area contributed by atoms with Crippen molar-refractivity contribution < 1.29 is 19.1 Å². The second-order valence-electron chi connectivity index (χ2n) is 6.23. The Bertz CT molecular complexity index is 990. The number of aryl methyl sites for hydroxylation is 1. The second-order valence-corrected chi connectivity index (χ2v) is 8.64. The molecule has 1 aliphatic rings. The van der Waals surface area contributed by atoms with E-state index in [0.717, 1.165) is 22.2 Å². The third-order valence-corrected chi connectivity index (χ3v) is 6.34. The quantitative estimate of drug-likeness (QED) is 0.626. The van der Waals surface area contributed by atoms with Gasteiger partial charge in [-0.15, -0.1) is 11.3 Å². The third-order valence-electron chi connectivity index (χ3n) is 4.20. The molecule has 158 valence electrons. The van der Waals surface area contributed by atoms with Gasteiger partial charge < -0.3 is 15.4 Å². The van der Waals surface area contributed by atoms with Gasteiger partial charge in [-0.05, 0) is 31.9 Å². The van der Waals surface area contributed by atoms with Gasteiger partial charge in [-0.25, -0.2) is 14.8 Å². The number of aromatic nitrogens is 2. The van der Waals surface area contributed by atoms with Gasteiger partial charge in [0.15, 0.2) is 5.17 Å². The summed E-state index contributed by atoms with van der Waals surface area (Å²) in [5, 5.41) is 5.57. The van der Waals surface area contributed by atoms with E-state index in [-0.39, 0.29) is 30.8 Å². The maximum Gasteiger partial charge on any atom is 0.341 e. The molecular weight excluding hydrogens is 426 g/mol. The summed E-state index contributed by atoms with van der Waals surface area (Å²) in [4.78, 5) is 50.3. The number of thiophene rings is 1. The van der Waals surface area contributed by atoms with Crippen LogP contribution in [0.15, 0.2) is 23.5 Å². The van der Waals surface area contributed by atoms with Crippen molar-refractivity contribution in [3.63, 3.8) is 0 Å². The van der Waals surface area contributed by atoms with E-state index in [9.17, 15) is 14.4 Å². The zero-order chi connectivity index (χ0) is 21.7. The van der Waals surface area contributed by atoms with Gasteiger partial charge in [-0.2, -0.15) is 4.99 Å². The van der Waals surface area contributed by atoms with Gasteiger partial charge in [0.2, 0.25) is 11.8 Å². The molecule has 1 atom stereocenters. The van der Waals surface area contributed by atoms with Crippen molar-refractivity contribution in [3.05, 3.63) is 34.5 Å². The van der Waals surface area contributed by atoms with Crippen LogP contribution in [0.3, 0.4) is 0 Å². The molecular formula is C19H21N5O4S2. The Morgan fingerprint density at radius 1 is 1.30 bits per heavy atom. The van der Waals surface area contributed by atoms with Gasteiger partial charge in [-0.3, -0.25) is 9.59 Å². The average Bonchev–Trinajstić information content (AvgIpc) is 3.20. The van der Waals surface area contributed by atoms with E-state index in [0.29, 0.717) is 22.2 Å². The van der Waals surface area contributed by atoms with Crippen molar-refractivity contribution in [2.45, 2.75) is 38.9 Å². The topological polar surface area (TPSA) is 123 Å². The molecule has 3 rings (SSSR count). The standard InChI is InChI=1S/C19H21N5O4S2/c1-4-11-10(3)29-16(14(11)17(27)28-5-2)22-13(25)9-12-15(26)23-19(30-12)24-18-20-7-6-8-21-18/h6-8,12H,4-5,9H2,1-3H3,(H,22,25)(H,20,21,23,24,26). The molecule has 0 bridgehead atoms. The Kier molecular flexibility index (Phi) is 7.16. The highest BCUT2D eigenvalue weighted by molar-refractivity contribution is 8.15. The number of amides is 2. The highest BCUT2D eigenvalue weighted by atomic mass is 32.2. The van der Waals surface area contributed by atoms with Crippen LogP contribution < -0.4 is 10.6 Å². The molecule has 11 heteroatoms. The van der Waals surface area contributed by atoms with E-state index >= 15 is 0 Å². The minimum Gasteiger partial charge on any atom is -0.462 e. The Morgan fingerprint density at radius 2 is 2.03 bits per heavy atom. The first kappa shape index (κ1) is 21.9. The number of ether oxygens (including phenoxy) is 1. The fraction of sp³-hybridized carbons (Fsp3) is 0.368. The molecule has 1 fully saturated rings. The summed E-state index contributed by atoms with van der Waals surface area (Å²) >= 11 is 2.47. The molecule has 2 N–H and O–H groups in total. The van der Waals surface area contributed by atoms with E-state index in [1.165, 1.54) is 11.3 Å². The summed E-state index contributed by atoms with van der Waals surface area (Å²) in [6.07, 6.45) is 3.68. The first-order valence-corrected chi connectivity index (χ1v) is 11.0. The molecule has 1 aliphatic heterocycles. The van der Waals surface area contributed by atoms with Crippen LogP contribution in [0.5, 0.6) is 0 Å². The number of nitrogens with zero attached hydrogens (tertiary/aromatic N) is 3. The number of hydrogen-bond donors (Lipinski definition) is 2. The van der Waals surface area contributed by atoms with Crippen LogP contribution in [0.2, 0.25) is 0 Å². The molecule has 0 spiro atoms. The van der Waals surface area contributed by atoms with Gasteiger partial charge in [0.05, 0.1) is 12.2 Å². The SMILES string of the molecule is CCOC(=O)c1c(NC(=O)CC2S/C(=N\c3ncccn3)NC2=O)sc(C)c1CC. The Morgan fingerprint density at radius 3 is 2.70 bits per heavy atom. The number of esters is 1. The molecule has 0 aromatic carbocycles. The second kappa shape index (κ2) is 9.81. The predicted octanol–water partition coefficient (Wildman–Crippen LogP) is 2.83. The molecule has 0 aliphatic carbocycles. The molecule has 2 amide bonds. The number of rotatable bonds is 7. The smallest absolute Gasteiger partial charge is 0.341 e. The minimum absolute atomic E-state index is 0.0637. The first-order chi connectivity index (χ1) is 14.4. The molecule has 3 heterocycles. The molecule has 0 saturated carbocycles. The average molecular weight is 448 g/mol. The fourth-order valence-corrected chi connectivity index (χ4v) is 5.00. The largest absolute Gasteiger partial charge is 0.462 e. The van der Waals surface area contributed by atoms with E-state index < -0.39 is 11.2 Å². The van der Waals surface area contributed by atoms with Crippen LogP contribution in [-0.2, 0) is 20.7 Å². The maximum atomic E-state index is 12.6. The lowest BCUT2D eigenvalue weighted by Gasteiger charge is -2.09. The summed E-state index contributed by atoms with van der Waals surface area (Å²) in [7, 11) is 0. The highest BCUT2D eigenvalue weighted by Crippen LogP contribution is 2.34. The number of aliphatic imine (C=N–C) groups is 1. The highest BCUT2D eigenvalue weighted by Gasteiger charge is 2.33. The first-order valence-electron chi connectivity index (χ1n) is 9.35. The van der Waals surface area contributed by atoms with Crippen LogP contribution in [-0.4, -0.2) is 44.8 Å². The normalized spacial score (nSPS) is 17.1. The summed E-state index contributed by atoms with van der Waals surface area (Å²) in [5.41, 5.74) is 1.25. The molecule has 2 aromatic heterocycles. The minimum atomic E-state index is -0.634. The van der Waals surface area contributed by atoms with Crippen LogP contribution in [0.4, 0.5) is 10.9 Å². The lowest BCUT2D eigenvalue weighted by atomic mass is 10.1. The van der Waals surface area contributed by atoms with E-state index in [4.69, 9.17) is 4.74 Å². The summed E-state index contributed by atoms with van der Waals surface area (Å²) in [6.45, 7) is 5.82. The number of hydrogen-bond acceptors (Lipinski definition) is 9. The lowest BCUT2D eigenvalue weighted by molar-refractivity contribution is -0.122. The third kappa shape index (κ3) is 5.03. The molecule has 1 unspecified atom stereocenters. The molecule has 30 heavy (non-hydrogen) atoms. The number of carbonyl (C=O) groups excluding carboxylic acids is 3. The van der Waals surface area contributed by atoms with Crippen molar-refractivity contribution in [3.8, 4) is 0 Å². The number of amidine groups is 1. The Balaban J connectivity index is 1.70. The Labute approximate surface area is 181 Å². The van der Waals surface area contributed by atoms with Gasteiger partial charge in [0.25, 0.3) is 5.95 Å². The summed E-state index contributed by atoms with van der Waals surface area (Å²) in [5.74, 6) is -0.911. The fourth-order valence-electron chi connectivity index (χ4n) is 2.89. The number of thioether (sulfide) groups is 1. The van der Waals surface area contributed by atoms with Gasteiger partial charge in [0, 0.05) is 23.7 Å². The summed E-state index contributed by atoms with van der Waals surface area (Å²) < 4.78 is 5.15. The number of carbonyl (C=O) groups is 3. The molecule has 1 saturated heterocycles. The van der Waals surface area contributed by atoms with Crippen LogP contribution >= 0.6 is 23.1 Å². The van der Waals surface area contributed by atoms with Crippen molar-refractivity contribution in [1.29, 1.82) is 0 Å². The van der Waals surface area contributed by atoms with Crippen molar-refractivity contribution >= 4 is 57.0 Å². The van der Waals surface area contributed by atoms with Gasteiger partial charge >= 0.3 is 5.97 Å². The summed E-state index contributed by atoms with van der Waals surface area (Å²) in [6, 6.07) is 1.66. The number of nitrogens with one attached hydrogen (secondary N) is 2. The zero-order valence-electron chi connectivity index (χ0n) is 16.7. The molecule has 0 radical (unpaired) electrons. The maximum absolute atomic E-state index is 12.6. The van der Waals surface area contributed by atoms with Gasteiger partial charge in [0.1, 0.15) is 10.3 Å². The van der Waals surface area contributed by atoms with Crippen molar-refractivity contribution in [2.24, 2.45) is 4.99 Å². The molecule has 9 nitrogen and oxygen atoms in total.